The van der Waals surface area contributed by atoms with E-state index >= 15 is 0 Å². The maximum absolute atomic E-state index is 13.5. The summed E-state index contributed by atoms with van der Waals surface area (Å²) in [7, 11) is -8.20. The van der Waals surface area contributed by atoms with Crippen LogP contribution in [0.2, 0.25) is 0 Å². The van der Waals surface area contributed by atoms with Gasteiger partial charge in [-0.2, -0.15) is 20.5 Å². The van der Waals surface area contributed by atoms with Crippen LogP contribution in [0.15, 0.2) is 176 Å². The molecule has 0 unspecified atom stereocenters. The van der Waals surface area contributed by atoms with Gasteiger partial charge in [-0.05, 0) is 84.9 Å². The lowest BCUT2D eigenvalue weighted by atomic mass is 10.1. The Morgan fingerprint density at radius 3 is 1.02 bits per heavy atom. The summed E-state index contributed by atoms with van der Waals surface area (Å²) < 4.78 is 59.2. The fourth-order valence-electron chi connectivity index (χ4n) is 4.55. The molecule has 0 aliphatic rings. The average molecular weight is 647 g/mol. The summed E-state index contributed by atoms with van der Waals surface area (Å²) in [6.45, 7) is 0. The Balaban J connectivity index is 1.21. The summed E-state index contributed by atoms with van der Waals surface area (Å²) in [5, 5.41) is 17.2. The van der Waals surface area contributed by atoms with Crippen LogP contribution in [0.3, 0.4) is 0 Å². The third kappa shape index (κ3) is 7.15. The third-order valence-corrected chi connectivity index (χ3v) is 9.61. The van der Waals surface area contributed by atoms with Crippen molar-refractivity contribution in [1.82, 2.24) is 0 Å². The maximum atomic E-state index is 13.5. The van der Waals surface area contributed by atoms with Crippen LogP contribution in [0.5, 0.6) is 0 Å². The molecule has 10 nitrogen and oxygen atoms in total. The summed E-state index contributed by atoms with van der Waals surface area (Å²) in [5.41, 5.74) is 3.11. The minimum Gasteiger partial charge on any atom is -0.280 e. The second kappa shape index (κ2) is 13.1. The molecule has 0 aliphatic carbocycles. The van der Waals surface area contributed by atoms with Crippen LogP contribution >= 0.6 is 0 Å². The van der Waals surface area contributed by atoms with Gasteiger partial charge in [0.05, 0.1) is 32.5 Å². The summed E-state index contributed by atoms with van der Waals surface area (Å²) in [5.74, 6) is 0. The Hall–Kier alpha value is -5.72. The topological polar surface area (TPSA) is 142 Å². The SMILES string of the molecule is O=S(=O)(Nc1ccc(N=Nc2ccccc2)cc1)c1cccc2c(S(=O)(=O)Nc3ccc(N=Nc4ccccc4)cc3)cccc12. The molecule has 46 heavy (non-hydrogen) atoms. The van der Waals surface area contributed by atoms with Crippen molar-refractivity contribution >= 4 is 64.9 Å². The van der Waals surface area contributed by atoms with Gasteiger partial charge < -0.3 is 0 Å². The van der Waals surface area contributed by atoms with Crippen LogP contribution in [-0.2, 0) is 20.0 Å². The van der Waals surface area contributed by atoms with E-state index in [2.05, 4.69) is 29.9 Å². The lowest BCUT2D eigenvalue weighted by Gasteiger charge is -2.14. The molecule has 0 bridgehead atoms. The van der Waals surface area contributed by atoms with Crippen molar-refractivity contribution in [3.05, 3.63) is 146 Å². The molecule has 228 valence electrons. The monoisotopic (exact) mass is 646 g/mol. The average Bonchev–Trinajstić information content (AvgIpc) is 3.08. The number of nitrogens with zero attached hydrogens (tertiary/aromatic N) is 4. The van der Waals surface area contributed by atoms with Gasteiger partial charge in [0.25, 0.3) is 20.0 Å². The quantitative estimate of drug-likeness (QED) is 0.143. The second-order valence-corrected chi connectivity index (χ2v) is 13.3. The number of rotatable bonds is 10. The summed E-state index contributed by atoms with van der Waals surface area (Å²) in [6, 6.07) is 40.4. The Morgan fingerprint density at radius 2 is 0.674 bits per heavy atom. The number of hydrogen-bond acceptors (Lipinski definition) is 8. The Kier molecular flexibility index (Phi) is 8.63. The third-order valence-electron chi connectivity index (χ3n) is 6.73. The van der Waals surface area contributed by atoms with Crippen LogP contribution in [0.25, 0.3) is 10.8 Å². The predicted octanol–water partition coefficient (Wildman–Crippen LogP) is 9.27. The van der Waals surface area contributed by atoms with Gasteiger partial charge in [-0.3, -0.25) is 9.44 Å². The molecule has 2 N–H and O–H groups in total. The zero-order valence-corrected chi connectivity index (χ0v) is 25.7. The van der Waals surface area contributed by atoms with Crippen molar-refractivity contribution in [2.45, 2.75) is 9.79 Å². The fraction of sp³-hybridized carbons (Fsp3) is 0. The zero-order chi connectivity index (χ0) is 32.0. The molecule has 0 fully saturated rings. The maximum Gasteiger partial charge on any atom is 0.262 e. The molecule has 6 rings (SSSR count). The van der Waals surface area contributed by atoms with Crippen molar-refractivity contribution < 1.29 is 16.8 Å². The van der Waals surface area contributed by atoms with Crippen LogP contribution in [0.1, 0.15) is 0 Å². The van der Waals surface area contributed by atoms with Crippen LogP contribution in [0.4, 0.5) is 34.1 Å². The van der Waals surface area contributed by atoms with Gasteiger partial charge in [0, 0.05) is 22.1 Å². The Labute approximate surface area is 266 Å². The Morgan fingerprint density at radius 1 is 0.348 bits per heavy atom. The highest BCUT2D eigenvalue weighted by molar-refractivity contribution is 7.93. The van der Waals surface area contributed by atoms with Gasteiger partial charge in [0.2, 0.25) is 0 Å². The molecule has 0 aromatic heterocycles. The number of anilines is 2. The first-order chi connectivity index (χ1) is 22.3. The van der Waals surface area contributed by atoms with Crippen molar-refractivity contribution in [2.24, 2.45) is 20.5 Å². The van der Waals surface area contributed by atoms with E-state index in [9.17, 15) is 16.8 Å². The van der Waals surface area contributed by atoms with Crippen LogP contribution in [-0.4, -0.2) is 16.8 Å². The van der Waals surface area contributed by atoms with Gasteiger partial charge in [-0.1, -0.05) is 60.7 Å². The van der Waals surface area contributed by atoms with Crippen molar-refractivity contribution in [2.75, 3.05) is 9.44 Å². The number of hydrogen-bond donors (Lipinski definition) is 2. The first-order valence-corrected chi connectivity index (χ1v) is 16.9. The van der Waals surface area contributed by atoms with Gasteiger partial charge in [0.1, 0.15) is 0 Å². The molecular weight excluding hydrogens is 621 g/mol. The molecule has 12 heteroatoms. The normalized spacial score (nSPS) is 12.1. The fourth-order valence-corrected chi connectivity index (χ4v) is 7.12. The first-order valence-electron chi connectivity index (χ1n) is 14.0. The number of fused-ring (bicyclic) bond motifs is 1. The molecule has 0 saturated heterocycles. The molecule has 0 atom stereocenters. The van der Waals surface area contributed by atoms with Gasteiger partial charge in [0.15, 0.2) is 0 Å². The molecule has 0 aliphatic heterocycles. The lowest BCUT2D eigenvalue weighted by Crippen LogP contribution is -2.15. The smallest absolute Gasteiger partial charge is 0.262 e. The number of sulfonamides is 2. The lowest BCUT2D eigenvalue weighted by molar-refractivity contribution is 0.599. The van der Waals surface area contributed by atoms with Gasteiger partial charge in [-0.25, -0.2) is 16.8 Å². The minimum absolute atomic E-state index is 0.0666. The van der Waals surface area contributed by atoms with E-state index in [1.807, 2.05) is 60.7 Å². The minimum atomic E-state index is -4.10. The van der Waals surface area contributed by atoms with E-state index < -0.39 is 20.0 Å². The summed E-state index contributed by atoms with van der Waals surface area (Å²) in [6.07, 6.45) is 0. The zero-order valence-electron chi connectivity index (χ0n) is 24.1. The predicted molar refractivity (Wildman–Crippen MR) is 180 cm³/mol. The van der Waals surface area contributed by atoms with E-state index in [-0.39, 0.29) is 20.6 Å². The van der Waals surface area contributed by atoms with E-state index in [0.717, 1.165) is 0 Å². The molecular formula is C34H26N6O4S2. The van der Waals surface area contributed by atoms with Crippen molar-refractivity contribution in [3.63, 3.8) is 0 Å². The molecule has 6 aromatic rings. The number of benzene rings is 6. The molecule has 0 spiro atoms. The van der Waals surface area contributed by atoms with Gasteiger partial charge in [-0.15, -0.1) is 0 Å². The largest absolute Gasteiger partial charge is 0.280 e. The van der Waals surface area contributed by atoms with E-state index in [1.165, 1.54) is 24.3 Å². The second-order valence-electron chi connectivity index (χ2n) is 9.98. The highest BCUT2D eigenvalue weighted by atomic mass is 32.2. The van der Waals surface area contributed by atoms with Crippen molar-refractivity contribution in [3.8, 4) is 0 Å². The standard InChI is InChI=1S/C34H26N6O4S2/c41-45(42,39-29-21-17-27(18-22-29)37-35-25-9-3-1-4-10-25)33-15-7-14-32-31(33)13-8-16-34(32)46(43,44)40-30-23-19-28(20-24-30)38-36-26-11-5-2-6-12-26/h1-24,39-40H. The number of azo groups is 2. The van der Waals surface area contributed by atoms with Gasteiger partial charge >= 0.3 is 0 Å². The molecule has 6 aromatic carbocycles. The number of nitrogens with one attached hydrogen (secondary N) is 2. The first kappa shape index (κ1) is 30.3. The highest BCUT2D eigenvalue weighted by Crippen LogP contribution is 2.31. The van der Waals surface area contributed by atoms with Crippen LogP contribution < -0.4 is 9.44 Å². The van der Waals surface area contributed by atoms with E-state index in [1.54, 1.807) is 60.7 Å². The molecule has 0 heterocycles. The molecule has 0 amide bonds. The highest BCUT2D eigenvalue weighted by Gasteiger charge is 2.23. The molecule has 0 saturated carbocycles. The van der Waals surface area contributed by atoms with Crippen LogP contribution in [0, 0.1) is 0 Å². The van der Waals surface area contributed by atoms with E-state index in [4.69, 9.17) is 0 Å². The molecule has 0 radical (unpaired) electrons. The summed E-state index contributed by atoms with van der Waals surface area (Å²) >= 11 is 0. The Bertz CT molecular complexity index is 2100. The van der Waals surface area contributed by atoms with Crippen molar-refractivity contribution in [1.29, 1.82) is 0 Å². The van der Waals surface area contributed by atoms with E-state index in [0.29, 0.717) is 34.1 Å². The summed E-state index contributed by atoms with van der Waals surface area (Å²) in [4.78, 5) is -0.133.